The molecule has 4 rings (SSSR count). The summed E-state index contributed by atoms with van der Waals surface area (Å²) in [5.41, 5.74) is 0. The summed E-state index contributed by atoms with van der Waals surface area (Å²) in [6.07, 6.45) is 12.8. The van der Waals surface area contributed by atoms with Crippen LogP contribution in [-0.2, 0) is 9.59 Å². The van der Waals surface area contributed by atoms with Gasteiger partial charge in [-0.25, -0.2) is 0 Å². The van der Waals surface area contributed by atoms with E-state index >= 15 is 0 Å². The van der Waals surface area contributed by atoms with Gasteiger partial charge >= 0.3 is 0 Å². The van der Waals surface area contributed by atoms with Gasteiger partial charge in [0.05, 0.1) is 6.04 Å². The van der Waals surface area contributed by atoms with Gasteiger partial charge in [0, 0.05) is 31.1 Å². The van der Waals surface area contributed by atoms with E-state index in [-0.39, 0.29) is 36.3 Å². The van der Waals surface area contributed by atoms with Crippen molar-refractivity contribution in [1.82, 2.24) is 15.5 Å². The van der Waals surface area contributed by atoms with Gasteiger partial charge in [-0.3, -0.25) is 9.59 Å². The summed E-state index contributed by atoms with van der Waals surface area (Å²) in [5.74, 6) is 1.42. The molecular formula is C20H34ClN3O2. The van der Waals surface area contributed by atoms with Crippen LogP contribution in [0.25, 0.3) is 0 Å². The van der Waals surface area contributed by atoms with Gasteiger partial charge in [-0.2, -0.15) is 0 Å². The minimum absolute atomic E-state index is 0. The van der Waals surface area contributed by atoms with E-state index in [1.807, 2.05) is 4.90 Å². The molecule has 0 radical (unpaired) electrons. The van der Waals surface area contributed by atoms with Crippen molar-refractivity contribution in [3.63, 3.8) is 0 Å². The molecule has 4 unspecified atom stereocenters. The molecule has 0 aromatic heterocycles. The molecule has 0 bridgehead atoms. The lowest BCUT2D eigenvalue weighted by Crippen LogP contribution is -2.48. The summed E-state index contributed by atoms with van der Waals surface area (Å²) >= 11 is 0. The Labute approximate surface area is 163 Å². The van der Waals surface area contributed by atoms with Gasteiger partial charge < -0.3 is 15.5 Å². The highest BCUT2D eigenvalue weighted by atomic mass is 35.5. The van der Waals surface area contributed by atoms with Crippen LogP contribution in [0.15, 0.2) is 0 Å². The molecule has 26 heavy (non-hydrogen) atoms. The minimum atomic E-state index is -0.0174. The third kappa shape index (κ3) is 4.36. The quantitative estimate of drug-likeness (QED) is 0.787. The number of hydrogen-bond acceptors (Lipinski definition) is 3. The Hall–Kier alpha value is -0.810. The fourth-order valence-electron chi connectivity index (χ4n) is 5.51. The fraction of sp³-hybridized carbons (Fsp3) is 0.900. The Bertz CT molecular complexity index is 495. The topological polar surface area (TPSA) is 61.4 Å². The number of likely N-dealkylation sites (tertiary alicyclic amines) is 1. The Morgan fingerprint density at radius 1 is 0.923 bits per heavy atom. The van der Waals surface area contributed by atoms with Gasteiger partial charge in [0.25, 0.3) is 0 Å². The zero-order chi connectivity index (χ0) is 17.2. The lowest BCUT2D eigenvalue weighted by atomic mass is 9.85. The number of carbonyl (C=O) groups is 2. The molecule has 2 saturated heterocycles. The van der Waals surface area contributed by atoms with Crippen molar-refractivity contribution >= 4 is 24.2 Å². The van der Waals surface area contributed by atoms with Crippen LogP contribution in [0.3, 0.4) is 0 Å². The van der Waals surface area contributed by atoms with Gasteiger partial charge in [-0.05, 0) is 44.4 Å². The van der Waals surface area contributed by atoms with Crippen LogP contribution in [-0.4, -0.2) is 47.9 Å². The summed E-state index contributed by atoms with van der Waals surface area (Å²) in [7, 11) is 0. The monoisotopic (exact) mass is 383 g/mol. The standard InChI is InChI=1S/C20H33N3O2.ClH/c24-19(18-12-15-8-4-5-9-17(15)22-18)21-16-10-11-23(13-16)20(25)14-6-2-1-3-7-14;/h14-18,22H,1-13H2,(H,21,24);1H. The largest absolute Gasteiger partial charge is 0.350 e. The number of nitrogens with one attached hydrogen (secondary N) is 2. The average Bonchev–Trinajstić information content (AvgIpc) is 3.28. The van der Waals surface area contributed by atoms with Crippen LogP contribution in [0.5, 0.6) is 0 Å². The SMILES string of the molecule is Cl.O=C(NC1CCN(C(=O)C2CCCCC2)C1)C1CC2CCCCC2N1. The second-order valence-electron chi connectivity index (χ2n) is 8.72. The van der Waals surface area contributed by atoms with E-state index in [0.29, 0.717) is 24.4 Å². The van der Waals surface area contributed by atoms with E-state index in [0.717, 1.165) is 32.2 Å². The van der Waals surface area contributed by atoms with Gasteiger partial charge in [0.15, 0.2) is 0 Å². The molecule has 2 aliphatic heterocycles. The zero-order valence-corrected chi connectivity index (χ0v) is 16.6. The van der Waals surface area contributed by atoms with Crippen LogP contribution in [0, 0.1) is 11.8 Å². The average molecular weight is 384 g/mol. The van der Waals surface area contributed by atoms with E-state index in [1.165, 1.54) is 44.9 Å². The van der Waals surface area contributed by atoms with Crippen molar-refractivity contribution in [2.45, 2.75) is 88.8 Å². The number of fused-ring (bicyclic) bond motifs is 1. The number of carbonyl (C=O) groups excluding carboxylic acids is 2. The first-order valence-corrected chi connectivity index (χ1v) is 10.6. The molecule has 2 N–H and O–H groups in total. The highest BCUT2D eigenvalue weighted by molar-refractivity contribution is 5.85. The summed E-state index contributed by atoms with van der Waals surface area (Å²) in [5, 5.41) is 6.78. The van der Waals surface area contributed by atoms with Crippen molar-refractivity contribution < 1.29 is 9.59 Å². The van der Waals surface area contributed by atoms with E-state index < -0.39 is 0 Å². The maximum absolute atomic E-state index is 12.7. The smallest absolute Gasteiger partial charge is 0.237 e. The third-order valence-corrected chi connectivity index (χ3v) is 6.98. The lowest BCUT2D eigenvalue weighted by Gasteiger charge is -2.26. The van der Waals surface area contributed by atoms with Crippen LogP contribution in [0.1, 0.15) is 70.6 Å². The lowest BCUT2D eigenvalue weighted by molar-refractivity contribution is -0.135. The molecule has 0 spiro atoms. The molecule has 2 saturated carbocycles. The Kier molecular flexibility index (Phi) is 6.84. The molecule has 4 atom stereocenters. The van der Waals surface area contributed by atoms with Gasteiger partial charge in [0.1, 0.15) is 0 Å². The van der Waals surface area contributed by atoms with E-state index in [1.54, 1.807) is 0 Å². The summed E-state index contributed by atoms with van der Waals surface area (Å²) < 4.78 is 0. The normalized spacial score (nSPS) is 34.8. The minimum Gasteiger partial charge on any atom is -0.350 e. The first-order valence-electron chi connectivity index (χ1n) is 10.6. The Balaban J connectivity index is 0.00000196. The molecule has 4 fully saturated rings. The summed E-state index contributed by atoms with van der Waals surface area (Å²) in [6.45, 7) is 1.52. The molecule has 5 nitrogen and oxygen atoms in total. The molecule has 0 aromatic carbocycles. The number of amides is 2. The zero-order valence-electron chi connectivity index (χ0n) is 15.8. The second-order valence-corrected chi connectivity index (χ2v) is 8.72. The van der Waals surface area contributed by atoms with Gasteiger partial charge in [-0.15, -0.1) is 12.4 Å². The van der Waals surface area contributed by atoms with Crippen molar-refractivity contribution in [3.05, 3.63) is 0 Å². The Morgan fingerprint density at radius 2 is 1.65 bits per heavy atom. The van der Waals surface area contributed by atoms with Crippen LogP contribution >= 0.6 is 12.4 Å². The number of rotatable bonds is 3. The fourth-order valence-corrected chi connectivity index (χ4v) is 5.51. The van der Waals surface area contributed by atoms with Crippen LogP contribution < -0.4 is 10.6 Å². The first kappa shape index (κ1) is 19.9. The van der Waals surface area contributed by atoms with Crippen molar-refractivity contribution in [3.8, 4) is 0 Å². The molecule has 2 amide bonds. The maximum atomic E-state index is 12.7. The summed E-state index contributed by atoms with van der Waals surface area (Å²) in [4.78, 5) is 27.3. The van der Waals surface area contributed by atoms with Crippen LogP contribution in [0.2, 0.25) is 0 Å². The molecule has 0 aromatic rings. The summed E-state index contributed by atoms with van der Waals surface area (Å²) in [6, 6.07) is 0.679. The van der Waals surface area contributed by atoms with Crippen molar-refractivity contribution in [1.29, 1.82) is 0 Å². The number of hydrogen-bond donors (Lipinski definition) is 2. The third-order valence-electron chi connectivity index (χ3n) is 6.98. The first-order chi connectivity index (χ1) is 12.2. The van der Waals surface area contributed by atoms with E-state index in [2.05, 4.69) is 10.6 Å². The highest BCUT2D eigenvalue weighted by Gasteiger charge is 2.39. The van der Waals surface area contributed by atoms with E-state index in [4.69, 9.17) is 0 Å². The molecule has 2 heterocycles. The van der Waals surface area contributed by atoms with Crippen LogP contribution in [0.4, 0.5) is 0 Å². The molecule has 148 valence electrons. The number of nitrogens with zero attached hydrogens (tertiary/aromatic N) is 1. The molecular weight excluding hydrogens is 350 g/mol. The van der Waals surface area contributed by atoms with Gasteiger partial charge in [0.2, 0.25) is 11.8 Å². The number of halogens is 1. The highest BCUT2D eigenvalue weighted by Crippen LogP contribution is 2.33. The van der Waals surface area contributed by atoms with Crippen molar-refractivity contribution in [2.24, 2.45) is 11.8 Å². The van der Waals surface area contributed by atoms with E-state index in [9.17, 15) is 9.59 Å². The predicted octanol–water partition coefficient (Wildman–Crippen LogP) is 2.63. The molecule has 6 heteroatoms. The molecule has 4 aliphatic rings. The predicted molar refractivity (Wildman–Crippen MR) is 104 cm³/mol. The maximum Gasteiger partial charge on any atom is 0.237 e. The molecule has 2 aliphatic carbocycles. The Morgan fingerprint density at radius 3 is 2.42 bits per heavy atom. The second kappa shape index (κ2) is 8.92. The van der Waals surface area contributed by atoms with Gasteiger partial charge in [-0.1, -0.05) is 32.1 Å². The van der Waals surface area contributed by atoms with Crippen molar-refractivity contribution in [2.75, 3.05) is 13.1 Å².